The van der Waals surface area contributed by atoms with Crippen molar-refractivity contribution in [3.8, 4) is 0 Å². The maximum Gasteiger partial charge on any atom is 0.174 e. The fourth-order valence-corrected chi connectivity index (χ4v) is 1.47. The van der Waals surface area contributed by atoms with Gasteiger partial charge in [-0.15, -0.1) is 0 Å². The quantitative estimate of drug-likeness (QED) is 0.409. The number of hydrogen-bond donors (Lipinski definition) is 0. The van der Waals surface area contributed by atoms with Crippen molar-refractivity contribution in [1.82, 2.24) is 0 Å². The summed E-state index contributed by atoms with van der Waals surface area (Å²) in [6.45, 7) is 2.81. The minimum Gasteiger partial charge on any atom is -0.323 e. The first-order valence-corrected chi connectivity index (χ1v) is 4.56. The SMILES string of the molecule is CCN(C(=S)Cl)c1ccccc1. The Bertz CT molecular complexity index is 260. The molecule has 0 heterocycles. The first-order chi connectivity index (χ1) is 5.75. The van der Waals surface area contributed by atoms with E-state index >= 15 is 0 Å². The van der Waals surface area contributed by atoms with Crippen LogP contribution < -0.4 is 4.90 Å². The van der Waals surface area contributed by atoms with Crippen molar-refractivity contribution >= 4 is 34.0 Å². The number of anilines is 1. The molecule has 0 N–H and O–H groups in total. The molecule has 1 rings (SSSR count). The van der Waals surface area contributed by atoms with Gasteiger partial charge in [-0.1, -0.05) is 29.8 Å². The number of halogens is 1. The van der Waals surface area contributed by atoms with Gasteiger partial charge in [0.15, 0.2) is 4.45 Å². The van der Waals surface area contributed by atoms with Gasteiger partial charge in [-0.05, 0) is 31.3 Å². The van der Waals surface area contributed by atoms with Crippen molar-refractivity contribution in [2.75, 3.05) is 11.4 Å². The normalized spacial score (nSPS) is 9.50. The van der Waals surface area contributed by atoms with Gasteiger partial charge in [0.1, 0.15) is 0 Å². The highest BCUT2D eigenvalue weighted by molar-refractivity contribution is 7.83. The predicted octanol–water partition coefficient (Wildman–Crippen LogP) is 3.04. The van der Waals surface area contributed by atoms with Crippen LogP contribution in [0.2, 0.25) is 0 Å². The molecule has 0 radical (unpaired) electrons. The molecule has 1 aromatic carbocycles. The minimum atomic E-state index is 0.392. The molecule has 0 aliphatic carbocycles. The zero-order valence-electron chi connectivity index (χ0n) is 6.83. The lowest BCUT2D eigenvalue weighted by Crippen LogP contribution is -2.24. The largest absolute Gasteiger partial charge is 0.323 e. The number of para-hydroxylation sites is 1. The van der Waals surface area contributed by atoms with Crippen molar-refractivity contribution in [1.29, 1.82) is 0 Å². The van der Waals surface area contributed by atoms with Gasteiger partial charge in [0.05, 0.1) is 0 Å². The van der Waals surface area contributed by atoms with E-state index in [0.717, 1.165) is 12.2 Å². The van der Waals surface area contributed by atoms with Gasteiger partial charge >= 0.3 is 0 Å². The number of rotatable bonds is 2. The number of thiocarbonyl (C=S) groups is 1. The molecule has 0 saturated heterocycles. The van der Waals surface area contributed by atoms with Crippen LogP contribution in [0.5, 0.6) is 0 Å². The van der Waals surface area contributed by atoms with Crippen LogP contribution in [0.1, 0.15) is 6.92 Å². The molecule has 3 heteroatoms. The van der Waals surface area contributed by atoms with Gasteiger partial charge in [-0.2, -0.15) is 0 Å². The summed E-state index contributed by atoms with van der Waals surface area (Å²) in [6.07, 6.45) is 0. The van der Waals surface area contributed by atoms with Gasteiger partial charge in [0, 0.05) is 12.2 Å². The molecule has 0 atom stereocenters. The van der Waals surface area contributed by atoms with Crippen LogP contribution in [-0.4, -0.2) is 11.0 Å². The van der Waals surface area contributed by atoms with E-state index in [2.05, 4.69) is 0 Å². The highest BCUT2D eigenvalue weighted by Crippen LogP contribution is 2.14. The molecule has 12 heavy (non-hydrogen) atoms. The molecular weight excluding hydrogens is 190 g/mol. The maximum atomic E-state index is 5.74. The smallest absolute Gasteiger partial charge is 0.174 e. The summed E-state index contributed by atoms with van der Waals surface area (Å²) in [5.41, 5.74) is 1.04. The number of nitrogens with zero attached hydrogens (tertiary/aromatic N) is 1. The Kier molecular flexibility index (Phi) is 3.50. The van der Waals surface area contributed by atoms with E-state index in [1.807, 2.05) is 42.2 Å². The standard InChI is InChI=1S/C9H10ClNS/c1-2-11(9(10)12)8-6-4-3-5-7-8/h3-7H,2H2,1H3. The van der Waals surface area contributed by atoms with Crippen LogP contribution in [0.3, 0.4) is 0 Å². The summed E-state index contributed by atoms with van der Waals surface area (Å²) in [5.74, 6) is 0. The highest BCUT2D eigenvalue weighted by Gasteiger charge is 2.05. The lowest BCUT2D eigenvalue weighted by molar-refractivity contribution is 1.08. The second-order valence-corrected chi connectivity index (χ2v) is 3.30. The van der Waals surface area contributed by atoms with Gasteiger partial charge in [-0.3, -0.25) is 0 Å². The molecular formula is C9H10ClNS. The molecule has 1 nitrogen and oxygen atoms in total. The highest BCUT2D eigenvalue weighted by atomic mass is 35.5. The average molecular weight is 200 g/mol. The Morgan fingerprint density at radius 1 is 1.42 bits per heavy atom. The molecule has 1 aromatic rings. The average Bonchev–Trinajstić information content (AvgIpc) is 2.07. The van der Waals surface area contributed by atoms with E-state index in [1.54, 1.807) is 0 Å². The summed E-state index contributed by atoms with van der Waals surface area (Å²) in [7, 11) is 0. The molecule has 0 saturated carbocycles. The minimum absolute atomic E-state index is 0.392. The van der Waals surface area contributed by atoms with Crippen molar-refractivity contribution in [2.24, 2.45) is 0 Å². The summed E-state index contributed by atoms with van der Waals surface area (Å²) in [4.78, 5) is 1.87. The first-order valence-electron chi connectivity index (χ1n) is 3.77. The van der Waals surface area contributed by atoms with E-state index in [1.165, 1.54) is 0 Å². The van der Waals surface area contributed by atoms with Gasteiger partial charge in [0.25, 0.3) is 0 Å². The fourth-order valence-electron chi connectivity index (χ4n) is 1.02. The Hall–Kier alpha value is -0.600. The fraction of sp³-hybridized carbons (Fsp3) is 0.222. The van der Waals surface area contributed by atoms with Gasteiger partial charge < -0.3 is 4.90 Å². The van der Waals surface area contributed by atoms with Gasteiger partial charge in [-0.25, -0.2) is 0 Å². The summed E-state index contributed by atoms with van der Waals surface area (Å²) in [5, 5.41) is 0. The Labute approximate surface area is 82.9 Å². The monoisotopic (exact) mass is 199 g/mol. The van der Waals surface area contributed by atoms with Crippen LogP contribution in [0, 0.1) is 0 Å². The van der Waals surface area contributed by atoms with Gasteiger partial charge in [0.2, 0.25) is 0 Å². The van der Waals surface area contributed by atoms with Crippen LogP contribution in [0.4, 0.5) is 5.69 Å². The third-order valence-corrected chi connectivity index (χ3v) is 2.02. The van der Waals surface area contributed by atoms with Crippen molar-refractivity contribution in [2.45, 2.75) is 6.92 Å². The molecule has 0 unspecified atom stereocenters. The second kappa shape index (κ2) is 4.43. The lowest BCUT2D eigenvalue weighted by atomic mass is 10.3. The molecule has 0 spiro atoms. The zero-order chi connectivity index (χ0) is 8.97. The topological polar surface area (TPSA) is 3.24 Å². The number of hydrogen-bond acceptors (Lipinski definition) is 1. The van der Waals surface area contributed by atoms with E-state index < -0.39 is 0 Å². The summed E-state index contributed by atoms with van der Waals surface area (Å²) >= 11 is 10.6. The third-order valence-electron chi connectivity index (χ3n) is 1.60. The van der Waals surface area contributed by atoms with Crippen LogP contribution in [0.15, 0.2) is 30.3 Å². The van der Waals surface area contributed by atoms with E-state index in [9.17, 15) is 0 Å². The first kappa shape index (κ1) is 9.49. The van der Waals surface area contributed by atoms with Crippen molar-refractivity contribution < 1.29 is 0 Å². The van der Waals surface area contributed by atoms with Crippen LogP contribution in [0.25, 0.3) is 0 Å². The Balaban J connectivity index is 2.88. The molecule has 0 bridgehead atoms. The molecule has 0 fully saturated rings. The van der Waals surface area contributed by atoms with Crippen LogP contribution in [-0.2, 0) is 0 Å². The van der Waals surface area contributed by atoms with E-state index in [-0.39, 0.29) is 0 Å². The van der Waals surface area contributed by atoms with Crippen molar-refractivity contribution in [3.05, 3.63) is 30.3 Å². The molecule has 0 amide bonds. The van der Waals surface area contributed by atoms with E-state index in [0.29, 0.717) is 4.45 Å². The Morgan fingerprint density at radius 2 is 2.00 bits per heavy atom. The lowest BCUT2D eigenvalue weighted by Gasteiger charge is -2.19. The maximum absolute atomic E-state index is 5.74. The molecule has 0 aliphatic heterocycles. The second-order valence-electron chi connectivity index (χ2n) is 2.33. The van der Waals surface area contributed by atoms with E-state index in [4.69, 9.17) is 23.8 Å². The number of benzene rings is 1. The summed E-state index contributed by atoms with van der Waals surface area (Å²) < 4.78 is 0.392. The Morgan fingerprint density at radius 3 is 2.42 bits per heavy atom. The summed E-state index contributed by atoms with van der Waals surface area (Å²) in [6, 6.07) is 9.87. The predicted molar refractivity (Wildman–Crippen MR) is 57.9 cm³/mol. The molecule has 0 aromatic heterocycles. The molecule has 64 valence electrons. The van der Waals surface area contributed by atoms with Crippen molar-refractivity contribution in [3.63, 3.8) is 0 Å². The zero-order valence-corrected chi connectivity index (χ0v) is 8.40. The van der Waals surface area contributed by atoms with Crippen LogP contribution >= 0.6 is 23.8 Å². The molecule has 0 aliphatic rings. The third kappa shape index (κ3) is 2.19.